The van der Waals surface area contributed by atoms with Gasteiger partial charge in [-0.05, 0) is 73.9 Å². The van der Waals surface area contributed by atoms with Gasteiger partial charge in [0.1, 0.15) is 5.75 Å². The summed E-state index contributed by atoms with van der Waals surface area (Å²) < 4.78 is 5.53. The summed E-state index contributed by atoms with van der Waals surface area (Å²) in [4.78, 5) is 23.8. The van der Waals surface area contributed by atoms with Gasteiger partial charge >= 0.3 is 5.97 Å². The van der Waals surface area contributed by atoms with Crippen molar-refractivity contribution >= 4 is 40.8 Å². The lowest BCUT2D eigenvalue weighted by Crippen LogP contribution is -2.32. The van der Waals surface area contributed by atoms with Crippen LogP contribution in [0.5, 0.6) is 5.75 Å². The molecule has 34 heavy (non-hydrogen) atoms. The Hall–Kier alpha value is -2.44. The second-order valence-electron chi connectivity index (χ2n) is 9.21. The molecule has 2 aromatic carbocycles. The van der Waals surface area contributed by atoms with Crippen LogP contribution in [-0.4, -0.2) is 30.6 Å². The normalized spacial score (nSPS) is 18.9. The summed E-state index contributed by atoms with van der Waals surface area (Å²) in [5.74, 6) is 0.0792. The fourth-order valence-corrected chi connectivity index (χ4v) is 4.86. The van der Waals surface area contributed by atoms with Crippen LogP contribution in [0, 0.1) is 17.8 Å². The number of hydrogen-bond acceptors (Lipinski definition) is 4. The first-order valence-corrected chi connectivity index (χ1v) is 12.4. The standard InChI is InChI=1S/C26H32Cl2N2O4/c1-15(2)24(20-13-19(27)9-11-23(20)34-3)30-22-10-8-18(12-21(22)28)25(31)29-14-16-4-6-17(7-5-16)26(32)33/h8-13,15-17,24,30H,4-7,14H2,1-3H3,(H,29,31)(H,32,33)/t16-,17-,24?. The third-order valence-corrected chi connectivity index (χ3v) is 7.03. The van der Waals surface area contributed by atoms with Gasteiger partial charge in [0.05, 0.1) is 29.8 Å². The van der Waals surface area contributed by atoms with Crippen molar-refractivity contribution in [3.63, 3.8) is 0 Å². The number of aliphatic carboxylic acids is 1. The number of amides is 1. The maximum atomic E-state index is 12.7. The molecule has 0 saturated heterocycles. The lowest BCUT2D eigenvalue weighted by atomic mass is 9.82. The van der Waals surface area contributed by atoms with Crippen LogP contribution in [0.3, 0.4) is 0 Å². The van der Waals surface area contributed by atoms with Crippen LogP contribution >= 0.6 is 23.2 Å². The minimum Gasteiger partial charge on any atom is -0.496 e. The van der Waals surface area contributed by atoms with Gasteiger partial charge < -0.3 is 20.5 Å². The number of methoxy groups -OCH3 is 1. The molecule has 1 unspecified atom stereocenters. The number of carbonyl (C=O) groups is 2. The summed E-state index contributed by atoms with van der Waals surface area (Å²) in [6.45, 7) is 4.72. The molecule has 3 rings (SSSR count). The molecule has 1 atom stereocenters. The van der Waals surface area contributed by atoms with Crippen molar-refractivity contribution < 1.29 is 19.4 Å². The first-order valence-electron chi connectivity index (χ1n) is 11.6. The van der Waals surface area contributed by atoms with E-state index in [1.54, 1.807) is 25.3 Å². The Morgan fingerprint density at radius 3 is 2.38 bits per heavy atom. The first kappa shape index (κ1) is 26.2. The Morgan fingerprint density at radius 1 is 1.09 bits per heavy atom. The number of halogens is 2. The van der Waals surface area contributed by atoms with E-state index < -0.39 is 5.97 Å². The van der Waals surface area contributed by atoms with Crippen LogP contribution in [-0.2, 0) is 4.79 Å². The molecule has 1 saturated carbocycles. The molecule has 1 aliphatic carbocycles. The van der Waals surface area contributed by atoms with Crippen molar-refractivity contribution in [3.8, 4) is 5.75 Å². The first-order chi connectivity index (χ1) is 16.2. The van der Waals surface area contributed by atoms with Gasteiger partial charge in [-0.15, -0.1) is 0 Å². The number of nitrogens with one attached hydrogen (secondary N) is 2. The van der Waals surface area contributed by atoms with Gasteiger partial charge in [-0.25, -0.2) is 0 Å². The predicted molar refractivity (Wildman–Crippen MR) is 136 cm³/mol. The van der Waals surface area contributed by atoms with Crippen molar-refractivity contribution in [2.75, 3.05) is 19.0 Å². The molecule has 0 aromatic heterocycles. The fourth-order valence-electron chi connectivity index (χ4n) is 4.45. The number of carboxylic acid groups (broad SMARTS) is 1. The number of carboxylic acids is 1. The van der Waals surface area contributed by atoms with Gasteiger partial charge in [-0.2, -0.15) is 0 Å². The largest absolute Gasteiger partial charge is 0.496 e. The summed E-state index contributed by atoms with van der Waals surface area (Å²) in [6, 6.07) is 10.6. The van der Waals surface area contributed by atoms with Crippen LogP contribution in [0.2, 0.25) is 10.0 Å². The van der Waals surface area contributed by atoms with Gasteiger partial charge in [0, 0.05) is 22.7 Å². The minimum atomic E-state index is -0.723. The molecular weight excluding hydrogens is 475 g/mol. The van der Waals surface area contributed by atoms with E-state index in [1.165, 1.54) is 0 Å². The summed E-state index contributed by atoms with van der Waals surface area (Å²) in [7, 11) is 1.63. The van der Waals surface area contributed by atoms with Gasteiger partial charge in [0.25, 0.3) is 5.91 Å². The molecule has 1 aliphatic rings. The fraction of sp³-hybridized carbons (Fsp3) is 0.462. The van der Waals surface area contributed by atoms with Crippen molar-refractivity contribution in [3.05, 3.63) is 57.6 Å². The third kappa shape index (κ3) is 6.57. The molecule has 184 valence electrons. The SMILES string of the molecule is COc1ccc(Cl)cc1C(Nc1ccc(C(=O)NC[C@H]2CC[C@H](C(=O)O)CC2)cc1Cl)C(C)C. The molecule has 0 aliphatic heterocycles. The van der Waals surface area contributed by atoms with Crippen molar-refractivity contribution in [1.29, 1.82) is 0 Å². The van der Waals surface area contributed by atoms with E-state index in [0.717, 1.165) is 24.2 Å². The van der Waals surface area contributed by atoms with Crippen LogP contribution in [0.25, 0.3) is 0 Å². The lowest BCUT2D eigenvalue weighted by Gasteiger charge is -2.27. The topological polar surface area (TPSA) is 87.7 Å². The number of anilines is 1. The zero-order chi connectivity index (χ0) is 24.8. The number of rotatable bonds is 9. The highest BCUT2D eigenvalue weighted by Gasteiger charge is 2.26. The van der Waals surface area contributed by atoms with E-state index in [1.807, 2.05) is 18.2 Å². The van der Waals surface area contributed by atoms with E-state index in [9.17, 15) is 9.59 Å². The van der Waals surface area contributed by atoms with Crippen molar-refractivity contribution in [2.24, 2.45) is 17.8 Å². The number of ether oxygens (including phenoxy) is 1. The van der Waals surface area contributed by atoms with Crippen LogP contribution in [0.1, 0.15) is 61.5 Å². The predicted octanol–water partition coefficient (Wildman–Crippen LogP) is 6.43. The zero-order valence-corrected chi connectivity index (χ0v) is 21.2. The Balaban J connectivity index is 1.65. The quantitative estimate of drug-likeness (QED) is 0.364. The highest BCUT2D eigenvalue weighted by atomic mass is 35.5. The molecule has 0 bridgehead atoms. The summed E-state index contributed by atoms with van der Waals surface area (Å²) in [5, 5.41) is 16.6. The molecule has 1 amide bonds. The highest BCUT2D eigenvalue weighted by Crippen LogP contribution is 2.36. The van der Waals surface area contributed by atoms with Gasteiger partial charge in [0.2, 0.25) is 0 Å². The summed E-state index contributed by atoms with van der Waals surface area (Å²) >= 11 is 12.8. The second kappa shape index (κ2) is 11.8. The Morgan fingerprint density at radius 2 is 1.79 bits per heavy atom. The van der Waals surface area contributed by atoms with Crippen molar-refractivity contribution in [2.45, 2.75) is 45.6 Å². The number of carbonyl (C=O) groups excluding carboxylic acids is 1. The Labute approximate surface area is 211 Å². The second-order valence-corrected chi connectivity index (χ2v) is 10.1. The summed E-state index contributed by atoms with van der Waals surface area (Å²) in [6.07, 6.45) is 2.95. The minimum absolute atomic E-state index is 0.105. The monoisotopic (exact) mass is 506 g/mol. The van der Waals surface area contributed by atoms with E-state index >= 15 is 0 Å². The van der Waals surface area contributed by atoms with E-state index in [-0.39, 0.29) is 23.8 Å². The average Bonchev–Trinajstić information content (AvgIpc) is 2.81. The molecular formula is C26H32Cl2N2O4. The van der Waals surface area contributed by atoms with E-state index in [4.69, 9.17) is 33.0 Å². The van der Waals surface area contributed by atoms with Gasteiger partial charge in [-0.3, -0.25) is 9.59 Å². The number of benzene rings is 2. The highest BCUT2D eigenvalue weighted by molar-refractivity contribution is 6.33. The molecule has 0 heterocycles. The number of hydrogen-bond donors (Lipinski definition) is 3. The molecule has 0 spiro atoms. The molecule has 6 nitrogen and oxygen atoms in total. The third-order valence-electron chi connectivity index (χ3n) is 6.48. The maximum absolute atomic E-state index is 12.7. The van der Waals surface area contributed by atoms with Crippen molar-refractivity contribution in [1.82, 2.24) is 5.32 Å². The lowest BCUT2D eigenvalue weighted by molar-refractivity contribution is -0.143. The zero-order valence-electron chi connectivity index (χ0n) is 19.7. The van der Waals surface area contributed by atoms with E-state index in [2.05, 4.69) is 24.5 Å². The van der Waals surface area contributed by atoms with Crippen LogP contribution < -0.4 is 15.4 Å². The van der Waals surface area contributed by atoms with Gasteiger partial charge in [0.15, 0.2) is 0 Å². The molecule has 8 heteroatoms. The van der Waals surface area contributed by atoms with Gasteiger partial charge in [-0.1, -0.05) is 37.0 Å². The smallest absolute Gasteiger partial charge is 0.306 e. The van der Waals surface area contributed by atoms with Crippen LogP contribution in [0.15, 0.2) is 36.4 Å². The molecule has 2 aromatic rings. The molecule has 1 fully saturated rings. The maximum Gasteiger partial charge on any atom is 0.306 e. The van der Waals surface area contributed by atoms with Crippen LogP contribution in [0.4, 0.5) is 5.69 Å². The average molecular weight is 507 g/mol. The molecule has 0 radical (unpaired) electrons. The van der Waals surface area contributed by atoms with E-state index in [0.29, 0.717) is 46.6 Å². The Bertz CT molecular complexity index is 1020. The summed E-state index contributed by atoms with van der Waals surface area (Å²) in [5.41, 5.74) is 2.13. The molecule has 3 N–H and O–H groups in total. The Kier molecular flexibility index (Phi) is 9.09.